The van der Waals surface area contributed by atoms with Crippen molar-refractivity contribution in [2.75, 3.05) is 0 Å². The topological polar surface area (TPSA) is 83.6 Å². The summed E-state index contributed by atoms with van der Waals surface area (Å²) in [6.45, 7) is 3.97. The predicted octanol–water partition coefficient (Wildman–Crippen LogP) is 4.25. The molecule has 2 unspecified atom stereocenters. The van der Waals surface area contributed by atoms with Crippen molar-refractivity contribution in [1.82, 2.24) is 25.5 Å². The molecule has 2 atom stereocenters. The van der Waals surface area contributed by atoms with Crippen LogP contribution in [0.3, 0.4) is 0 Å². The van der Waals surface area contributed by atoms with Gasteiger partial charge in [0.05, 0.1) is 11.3 Å². The summed E-state index contributed by atoms with van der Waals surface area (Å²) < 4.78 is 0. The second-order valence-electron chi connectivity index (χ2n) is 6.62. The number of amides is 1. The summed E-state index contributed by atoms with van der Waals surface area (Å²) >= 11 is 1.34. The molecular formula is C21H21N5OS. The SMILES string of the molecule is CCC(Sc1nnc2c(n1)[nH]c1ccccc12)C(=O)NC(C)c1ccccc1. The number of rotatable bonds is 6. The van der Waals surface area contributed by atoms with Gasteiger partial charge in [0.1, 0.15) is 5.52 Å². The number of thioether (sulfide) groups is 1. The maximum Gasteiger partial charge on any atom is 0.234 e. The van der Waals surface area contributed by atoms with E-state index in [-0.39, 0.29) is 17.2 Å². The Morgan fingerprint density at radius 3 is 2.64 bits per heavy atom. The van der Waals surface area contributed by atoms with Crippen molar-refractivity contribution in [3.05, 3.63) is 60.2 Å². The minimum absolute atomic E-state index is 0.0239. The molecule has 0 aliphatic carbocycles. The van der Waals surface area contributed by atoms with Crippen LogP contribution in [-0.4, -0.2) is 31.3 Å². The van der Waals surface area contributed by atoms with E-state index in [1.165, 1.54) is 11.8 Å². The average molecular weight is 392 g/mol. The summed E-state index contributed by atoms with van der Waals surface area (Å²) in [4.78, 5) is 20.6. The summed E-state index contributed by atoms with van der Waals surface area (Å²) in [5, 5.41) is 12.9. The zero-order chi connectivity index (χ0) is 19.5. The van der Waals surface area contributed by atoms with Crippen LogP contribution in [0, 0.1) is 0 Å². The highest BCUT2D eigenvalue weighted by atomic mass is 32.2. The van der Waals surface area contributed by atoms with Crippen molar-refractivity contribution in [2.24, 2.45) is 0 Å². The van der Waals surface area contributed by atoms with Gasteiger partial charge in [0.15, 0.2) is 5.65 Å². The number of fused-ring (bicyclic) bond motifs is 3. The molecule has 2 aromatic heterocycles. The van der Waals surface area contributed by atoms with E-state index in [1.54, 1.807) is 0 Å². The van der Waals surface area contributed by atoms with Crippen molar-refractivity contribution in [3.8, 4) is 0 Å². The number of H-pyrrole nitrogens is 1. The Balaban J connectivity index is 1.51. The third-order valence-electron chi connectivity index (χ3n) is 4.67. The summed E-state index contributed by atoms with van der Waals surface area (Å²) in [7, 11) is 0. The highest BCUT2D eigenvalue weighted by Gasteiger charge is 2.22. The number of hydrogen-bond donors (Lipinski definition) is 2. The Morgan fingerprint density at radius 2 is 1.86 bits per heavy atom. The molecule has 2 aromatic carbocycles. The standard InChI is InChI=1S/C21H21N5OS/c1-3-17(20(27)22-13(2)14-9-5-4-6-10-14)28-21-24-19-18(25-26-21)15-11-7-8-12-16(15)23-19/h4-13,17H,3H2,1-2H3,(H,22,27)(H,23,24,26). The van der Waals surface area contributed by atoms with Gasteiger partial charge < -0.3 is 10.3 Å². The van der Waals surface area contributed by atoms with Crippen LogP contribution >= 0.6 is 11.8 Å². The number of nitrogens with zero attached hydrogens (tertiary/aromatic N) is 3. The van der Waals surface area contributed by atoms with Crippen LogP contribution in [-0.2, 0) is 4.79 Å². The normalized spacial score (nSPS) is 13.5. The number of nitrogens with one attached hydrogen (secondary N) is 2. The lowest BCUT2D eigenvalue weighted by atomic mass is 10.1. The third-order valence-corrected chi connectivity index (χ3v) is 5.89. The van der Waals surface area contributed by atoms with E-state index in [1.807, 2.05) is 68.4 Å². The van der Waals surface area contributed by atoms with Crippen LogP contribution in [0.25, 0.3) is 22.1 Å². The fourth-order valence-corrected chi connectivity index (χ4v) is 3.96. The maximum absolute atomic E-state index is 12.8. The van der Waals surface area contributed by atoms with E-state index in [9.17, 15) is 4.79 Å². The fourth-order valence-electron chi connectivity index (χ4n) is 3.14. The Kier molecular flexibility index (Phi) is 5.25. The van der Waals surface area contributed by atoms with Gasteiger partial charge in [-0.25, -0.2) is 4.98 Å². The van der Waals surface area contributed by atoms with Crippen molar-refractivity contribution < 1.29 is 4.79 Å². The van der Waals surface area contributed by atoms with Crippen molar-refractivity contribution in [1.29, 1.82) is 0 Å². The molecule has 0 fully saturated rings. The number of hydrogen-bond acceptors (Lipinski definition) is 5. The molecule has 4 aromatic rings. The van der Waals surface area contributed by atoms with Gasteiger partial charge in [-0.2, -0.15) is 0 Å². The predicted molar refractivity (Wildman–Crippen MR) is 112 cm³/mol. The van der Waals surface area contributed by atoms with Crippen LogP contribution in [0.1, 0.15) is 31.9 Å². The quantitative estimate of drug-likeness (QED) is 0.480. The zero-order valence-electron chi connectivity index (χ0n) is 15.7. The molecule has 0 radical (unpaired) electrons. The lowest BCUT2D eigenvalue weighted by Crippen LogP contribution is -2.34. The lowest BCUT2D eigenvalue weighted by molar-refractivity contribution is -0.121. The number of carbonyl (C=O) groups is 1. The van der Waals surface area contributed by atoms with Gasteiger partial charge in [-0.3, -0.25) is 4.79 Å². The molecule has 6 nitrogen and oxygen atoms in total. The number of carbonyl (C=O) groups excluding carboxylic acids is 1. The molecule has 0 saturated heterocycles. The highest BCUT2D eigenvalue weighted by Crippen LogP contribution is 2.26. The molecule has 1 amide bonds. The molecule has 28 heavy (non-hydrogen) atoms. The smallest absolute Gasteiger partial charge is 0.234 e. The molecule has 0 saturated carbocycles. The van der Waals surface area contributed by atoms with Gasteiger partial charge in [-0.1, -0.05) is 67.2 Å². The second kappa shape index (κ2) is 7.98. The average Bonchev–Trinajstić information content (AvgIpc) is 3.10. The molecule has 4 rings (SSSR count). The van der Waals surface area contributed by atoms with Crippen molar-refractivity contribution in [3.63, 3.8) is 0 Å². The van der Waals surface area contributed by atoms with Gasteiger partial charge in [0, 0.05) is 10.9 Å². The van der Waals surface area contributed by atoms with Crippen LogP contribution in [0.5, 0.6) is 0 Å². The molecule has 2 N–H and O–H groups in total. The van der Waals surface area contributed by atoms with Crippen LogP contribution in [0.15, 0.2) is 59.8 Å². The summed E-state index contributed by atoms with van der Waals surface area (Å²) in [5.74, 6) is -0.0239. The minimum Gasteiger partial charge on any atom is -0.349 e. The van der Waals surface area contributed by atoms with E-state index < -0.39 is 0 Å². The largest absolute Gasteiger partial charge is 0.349 e. The number of aromatic nitrogens is 4. The Morgan fingerprint density at radius 1 is 1.11 bits per heavy atom. The molecule has 0 aliphatic heterocycles. The van der Waals surface area contributed by atoms with Crippen molar-refractivity contribution in [2.45, 2.75) is 36.7 Å². The van der Waals surface area contributed by atoms with E-state index in [2.05, 4.69) is 25.5 Å². The first-order chi connectivity index (χ1) is 13.7. The lowest BCUT2D eigenvalue weighted by Gasteiger charge is -2.18. The number of para-hydroxylation sites is 1. The van der Waals surface area contributed by atoms with E-state index in [0.29, 0.717) is 17.2 Å². The zero-order valence-corrected chi connectivity index (χ0v) is 16.5. The van der Waals surface area contributed by atoms with Gasteiger partial charge in [0.2, 0.25) is 11.1 Å². The van der Waals surface area contributed by atoms with E-state index in [0.717, 1.165) is 22.0 Å². The molecule has 0 spiro atoms. The fraction of sp³-hybridized carbons (Fsp3) is 0.238. The molecule has 0 bridgehead atoms. The molecule has 0 aliphatic rings. The summed E-state index contributed by atoms with van der Waals surface area (Å²) in [6.07, 6.45) is 0.673. The minimum atomic E-state index is -0.283. The second-order valence-corrected chi connectivity index (χ2v) is 7.79. The number of aromatic amines is 1. The van der Waals surface area contributed by atoms with Gasteiger partial charge in [-0.05, 0) is 25.0 Å². The first kappa shape index (κ1) is 18.4. The Hall–Kier alpha value is -2.93. The van der Waals surface area contributed by atoms with Crippen LogP contribution < -0.4 is 5.32 Å². The Labute approximate surface area is 167 Å². The molecular weight excluding hydrogens is 370 g/mol. The first-order valence-corrected chi connectivity index (χ1v) is 10.2. The number of benzene rings is 2. The maximum atomic E-state index is 12.8. The van der Waals surface area contributed by atoms with E-state index in [4.69, 9.17) is 0 Å². The summed E-state index contributed by atoms with van der Waals surface area (Å²) in [5.41, 5.74) is 3.48. The van der Waals surface area contributed by atoms with Crippen molar-refractivity contribution >= 4 is 39.7 Å². The molecule has 2 heterocycles. The summed E-state index contributed by atoms with van der Waals surface area (Å²) in [6, 6.07) is 17.8. The Bertz CT molecular complexity index is 1110. The van der Waals surface area contributed by atoms with Crippen LogP contribution in [0.4, 0.5) is 0 Å². The first-order valence-electron chi connectivity index (χ1n) is 9.29. The molecule has 142 valence electrons. The third kappa shape index (κ3) is 3.71. The van der Waals surface area contributed by atoms with Crippen LogP contribution in [0.2, 0.25) is 0 Å². The monoisotopic (exact) mass is 391 g/mol. The van der Waals surface area contributed by atoms with Gasteiger partial charge in [0.25, 0.3) is 0 Å². The van der Waals surface area contributed by atoms with E-state index >= 15 is 0 Å². The molecule has 7 heteroatoms. The highest BCUT2D eigenvalue weighted by molar-refractivity contribution is 8.00. The van der Waals surface area contributed by atoms with Gasteiger partial charge >= 0.3 is 0 Å². The van der Waals surface area contributed by atoms with Gasteiger partial charge in [-0.15, -0.1) is 10.2 Å².